The fourth-order valence-electron chi connectivity index (χ4n) is 6.93. The fraction of sp³-hybridized carbons (Fsp3) is 0.696. The van der Waals surface area contributed by atoms with Crippen LogP contribution >= 0.6 is 0 Å². The summed E-state index contributed by atoms with van der Waals surface area (Å²) in [4.78, 5) is 35.4. The summed E-state index contributed by atoms with van der Waals surface area (Å²) in [5, 5.41) is 30.6. The van der Waals surface area contributed by atoms with E-state index in [4.69, 9.17) is 5.11 Å². The Labute approximate surface area is 170 Å². The number of aliphatic hydroxyl groups is 1. The lowest BCUT2D eigenvalue weighted by atomic mass is 9.48. The van der Waals surface area contributed by atoms with Crippen LogP contribution in [-0.4, -0.2) is 38.6 Å². The first-order chi connectivity index (χ1) is 13.5. The van der Waals surface area contributed by atoms with Crippen molar-refractivity contribution in [2.45, 2.75) is 70.8 Å². The van der Waals surface area contributed by atoms with Crippen LogP contribution in [0.2, 0.25) is 0 Å². The number of fused-ring (bicyclic) bond motifs is 5. The zero-order chi connectivity index (χ0) is 21.2. The van der Waals surface area contributed by atoms with Gasteiger partial charge < -0.3 is 15.3 Å². The molecule has 3 N–H and O–H groups in total. The summed E-state index contributed by atoms with van der Waals surface area (Å²) in [6.07, 6.45) is 7.28. The molecular formula is C23H30O6. The van der Waals surface area contributed by atoms with E-state index in [2.05, 4.69) is 13.0 Å². The molecule has 0 radical (unpaired) electrons. The van der Waals surface area contributed by atoms with Crippen molar-refractivity contribution < 1.29 is 29.7 Å². The number of carbonyl (C=O) groups excluding carboxylic acids is 1. The summed E-state index contributed by atoms with van der Waals surface area (Å²) in [5.74, 6) is -2.50. The molecule has 4 aliphatic rings. The minimum atomic E-state index is -1.10. The van der Waals surface area contributed by atoms with Crippen LogP contribution in [0.4, 0.5) is 0 Å². The molecule has 0 amide bonds. The van der Waals surface area contributed by atoms with E-state index in [1.54, 1.807) is 6.08 Å². The lowest BCUT2D eigenvalue weighted by Crippen LogP contribution is -2.53. The van der Waals surface area contributed by atoms with E-state index in [9.17, 15) is 24.6 Å². The predicted octanol–water partition coefficient (Wildman–Crippen LogP) is 3.35. The fourth-order valence-corrected chi connectivity index (χ4v) is 6.93. The third kappa shape index (κ3) is 2.82. The van der Waals surface area contributed by atoms with Crippen molar-refractivity contribution in [3.8, 4) is 0 Å². The van der Waals surface area contributed by atoms with Crippen molar-refractivity contribution >= 4 is 17.7 Å². The predicted molar refractivity (Wildman–Crippen MR) is 105 cm³/mol. The number of rotatable bonds is 4. The van der Waals surface area contributed by atoms with Crippen molar-refractivity contribution in [2.75, 3.05) is 0 Å². The van der Waals surface area contributed by atoms with E-state index in [0.29, 0.717) is 38.5 Å². The normalized spacial score (nSPS) is 43.6. The van der Waals surface area contributed by atoms with Gasteiger partial charge in [0.25, 0.3) is 0 Å². The van der Waals surface area contributed by atoms with Gasteiger partial charge in [0.05, 0.1) is 11.5 Å². The van der Waals surface area contributed by atoms with Gasteiger partial charge in [0.2, 0.25) is 0 Å². The Morgan fingerprint density at radius 1 is 1.21 bits per heavy atom. The van der Waals surface area contributed by atoms with Gasteiger partial charge in [-0.1, -0.05) is 31.1 Å². The van der Waals surface area contributed by atoms with Gasteiger partial charge in [-0.15, -0.1) is 0 Å². The van der Waals surface area contributed by atoms with E-state index in [-0.39, 0.29) is 35.9 Å². The highest BCUT2D eigenvalue weighted by Gasteiger charge is 2.64. The molecule has 4 aliphatic carbocycles. The number of allylic oxidation sites excluding steroid dienone is 4. The average molecular weight is 402 g/mol. The van der Waals surface area contributed by atoms with Crippen LogP contribution < -0.4 is 0 Å². The highest BCUT2D eigenvalue weighted by molar-refractivity contribution is 5.92. The molecule has 6 nitrogen and oxygen atoms in total. The second-order valence-electron chi connectivity index (χ2n) is 9.99. The van der Waals surface area contributed by atoms with E-state index in [1.165, 1.54) is 0 Å². The SMILES string of the molecule is C[C@]12CCC(=O)C=C1C[C@@H](C(=O)O)[C@@H]1C2=CC[C@@]2(C)[C@H]1CC[C@@]2(O)CCC(=O)O. The Bertz CT molecular complexity index is 840. The monoisotopic (exact) mass is 402 g/mol. The summed E-state index contributed by atoms with van der Waals surface area (Å²) in [7, 11) is 0. The summed E-state index contributed by atoms with van der Waals surface area (Å²) in [6, 6.07) is 0. The second kappa shape index (κ2) is 6.53. The molecule has 0 aromatic rings. The summed E-state index contributed by atoms with van der Waals surface area (Å²) in [5.41, 5.74) is 0.145. The summed E-state index contributed by atoms with van der Waals surface area (Å²) >= 11 is 0. The smallest absolute Gasteiger partial charge is 0.307 e. The highest BCUT2D eigenvalue weighted by Crippen LogP contribution is 2.67. The molecule has 29 heavy (non-hydrogen) atoms. The Hall–Kier alpha value is -1.95. The molecule has 0 aromatic heterocycles. The van der Waals surface area contributed by atoms with Crippen molar-refractivity contribution in [1.82, 2.24) is 0 Å². The summed E-state index contributed by atoms with van der Waals surface area (Å²) < 4.78 is 0. The largest absolute Gasteiger partial charge is 0.481 e. The molecule has 0 unspecified atom stereocenters. The number of ketones is 1. The average Bonchev–Trinajstić information content (AvgIpc) is 2.92. The van der Waals surface area contributed by atoms with Gasteiger partial charge in [-0.05, 0) is 56.4 Å². The molecule has 2 fully saturated rings. The van der Waals surface area contributed by atoms with Gasteiger partial charge in [0, 0.05) is 23.7 Å². The van der Waals surface area contributed by atoms with Crippen LogP contribution in [0.15, 0.2) is 23.3 Å². The number of carboxylic acid groups (broad SMARTS) is 2. The maximum Gasteiger partial charge on any atom is 0.307 e. The maximum atomic E-state index is 12.3. The number of carbonyl (C=O) groups is 3. The maximum absolute atomic E-state index is 12.3. The number of aliphatic carboxylic acids is 2. The van der Waals surface area contributed by atoms with Crippen LogP contribution in [-0.2, 0) is 14.4 Å². The molecule has 0 aromatic carbocycles. The molecular weight excluding hydrogens is 372 g/mol. The molecule has 0 spiro atoms. The zero-order valence-electron chi connectivity index (χ0n) is 17.1. The van der Waals surface area contributed by atoms with Crippen LogP contribution in [0.5, 0.6) is 0 Å². The zero-order valence-corrected chi connectivity index (χ0v) is 17.1. The Kier molecular flexibility index (Phi) is 4.57. The lowest BCUT2D eigenvalue weighted by Gasteiger charge is -2.56. The van der Waals surface area contributed by atoms with Gasteiger partial charge >= 0.3 is 11.9 Å². The van der Waals surface area contributed by atoms with Gasteiger partial charge in [-0.25, -0.2) is 0 Å². The minimum absolute atomic E-state index is 0.00148. The summed E-state index contributed by atoms with van der Waals surface area (Å²) in [6.45, 7) is 4.15. The number of carboxylic acids is 2. The standard InChI is InChI=1S/C23H30O6/c1-21-7-3-14(24)11-13(21)12-15(20(27)28)19-16(21)4-8-22(2)17(19)5-9-23(22,29)10-6-18(25)26/h4,11,15,17,19,29H,3,5-10,12H2,1-2H3,(H,25,26)(H,27,28)/t15-,17+,19-,21+,22+,23-/m1/s1. The Balaban J connectivity index is 1.78. The van der Waals surface area contributed by atoms with E-state index < -0.39 is 28.9 Å². The van der Waals surface area contributed by atoms with Gasteiger partial charge in [-0.3, -0.25) is 14.4 Å². The van der Waals surface area contributed by atoms with Gasteiger partial charge in [0.1, 0.15) is 0 Å². The molecule has 6 atom stereocenters. The first kappa shape index (κ1) is 20.3. The van der Waals surface area contributed by atoms with Crippen molar-refractivity contribution in [3.63, 3.8) is 0 Å². The van der Waals surface area contributed by atoms with Gasteiger partial charge in [-0.2, -0.15) is 0 Å². The molecule has 0 saturated heterocycles. The van der Waals surface area contributed by atoms with Crippen LogP contribution in [0.3, 0.4) is 0 Å². The van der Waals surface area contributed by atoms with E-state index in [0.717, 1.165) is 11.1 Å². The lowest BCUT2D eigenvalue weighted by molar-refractivity contribution is -0.148. The quantitative estimate of drug-likeness (QED) is 0.622. The van der Waals surface area contributed by atoms with E-state index in [1.807, 2.05) is 6.92 Å². The molecule has 2 saturated carbocycles. The molecule has 158 valence electrons. The molecule has 0 aliphatic heterocycles. The first-order valence-electron chi connectivity index (χ1n) is 10.6. The molecule has 6 heteroatoms. The van der Waals surface area contributed by atoms with Crippen LogP contribution in [0.1, 0.15) is 65.2 Å². The number of hydrogen-bond donors (Lipinski definition) is 3. The third-order valence-corrected chi connectivity index (χ3v) is 8.78. The second-order valence-corrected chi connectivity index (χ2v) is 9.99. The molecule has 0 bridgehead atoms. The Morgan fingerprint density at radius 2 is 1.93 bits per heavy atom. The molecule has 4 rings (SSSR count). The van der Waals surface area contributed by atoms with Crippen molar-refractivity contribution in [1.29, 1.82) is 0 Å². The molecule has 0 heterocycles. The van der Waals surface area contributed by atoms with Crippen LogP contribution in [0, 0.1) is 28.6 Å². The van der Waals surface area contributed by atoms with E-state index >= 15 is 0 Å². The van der Waals surface area contributed by atoms with Crippen molar-refractivity contribution in [3.05, 3.63) is 23.3 Å². The topological polar surface area (TPSA) is 112 Å². The van der Waals surface area contributed by atoms with Gasteiger partial charge in [0.15, 0.2) is 5.78 Å². The van der Waals surface area contributed by atoms with Crippen LogP contribution in [0.25, 0.3) is 0 Å². The third-order valence-electron chi connectivity index (χ3n) is 8.78. The van der Waals surface area contributed by atoms with Crippen molar-refractivity contribution in [2.24, 2.45) is 28.6 Å². The first-order valence-corrected chi connectivity index (χ1v) is 10.6. The number of hydrogen-bond acceptors (Lipinski definition) is 4. The Morgan fingerprint density at radius 3 is 2.59 bits per heavy atom. The minimum Gasteiger partial charge on any atom is -0.481 e. The highest BCUT2D eigenvalue weighted by atomic mass is 16.4.